The number of amides is 3. The summed E-state index contributed by atoms with van der Waals surface area (Å²) in [5, 5.41) is 17.5. The Balaban J connectivity index is 0.859. The van der Waals surface area contributed by atoms with Gasteiger partial charge in [0.2, 0.25) is 11.8 Å². The van der Waals surface area contributed by atoms with Crippen molar-refractivity contribution in [2.24, 2.45) is 4.99 Å². The first-order chi connectivity index (χ1) is 27.6. The molecule has 9 rings (SSSR count). The number of aryl methyl sites for hydroxylation is 3. The Kier molecular flexibility index (Phi) is 9.41. The van der Waals surface area contributed by atoms with Crippen LogP contribution in [-0.4, -0.2) is 68.5 Å². The number of hydrogen-bond donors (Lipinski definition) is 1. The second-order valence-electron chi connectivity index (χ2n) is 14.3. The summed E-state index contributed by atoms with van der Waals surface area (Å²) in [6.45, 7) is 8.42. The number of imidazole rings is 1. The van der Waals surface area contributed by atoms with Crippen LogP contribution in [0.1, 0.15) is 80.2 Å². The van der Waals surface area contributed by atoms with E-state index < -0.39 is 11.9 Å². The van der Waals surface area contributed by atoms with Crippen molar-refractivity contribution in [2.45, 2.75) is 72.4 Å². The van der Waals surface area contributed by atoms with E-state index in [4.69, 9.17) is 21.3 Å². The molecule has 3 aliphatic rings. The Morgan fingerprint density at radius 2 is 1.91 bits per heavy atom. The minimum atomic E-state index is -0.683. The normalized spacial score (nSPS) is 16.6. The van der Waals surface area contributed by atoms with Crippen molar-refractivity contribution in [3.05, 3.63) is 128 Å². The third kappa shape index (κ3) is 6.86. The van der Waals surface area contributed by atoms with Crippen molar-refractivity contribution in [1.82, 2.24) is 44.3 Å². The van der Waals surface area contributed by atoms with E-state index in [1.807, 2.05) is 65.1 Å². The average Bonchev–Trinajstić information content (AvgIpc) is 4.03. The number of allylic oxidation sites excluding steroid dienone is 1. The van der Waals surface area contributed by atoms with E-state index in [0.29, 0.717) is 42.4 Å². The van der Waals surface area contributed by atoms with Crippen LogP contribution in [0.2, 0.25) is 5.02 Å². The lowest BCUT2D eigenvalue weighted by Gasteiger charge is -2.29. The van der Waals surface area contributed by atoms with Gasteiger partial charge in [-0.1, -0.05) is 29.8 Å². The lowest BCUT2D eigenvalue weighted by molar-refractivity contribution is -0.136. The number of carbonyl (C=O) groups is 3. The molecule has 1 N–H and O–H groups in total. The van der Waals surface area contributed by atoms with Crippen molar-refractivity contribution in [3.63, 3.8) is 0 Å². The van der Waals surface area contributed by atoms with Gasteiger partial charge < -0.3 is 14.2 Å². The standard InChI is InChI=1S/C41H37ClN10O4S/c1-23(38-24(2)36-37(27-7-9-28(42)10-8-27)43-17-34-48-47-25(3)52(34)41(36)57-38)15-26-16-45-50(18-26)14-13-49-19-29(44-22-49)21-56-33-6-4-5-30-31(33)20-51(40(30)55)32-11-12-35(53)46-39(32)54/h4-10,15-16,18-19,22,32H,11-14,17,20-21H2,1-3H3,(H,46,53,54). The van der Waals surface area contributed by atoms with Gasteiger partial charge in [-0.05, 0) is 68.7 Å². The highest BCUT2D eigenvalue weighted by molar-refractivity contribution is 7.16. The zero-order chi connectivity index (χ0) is 39.4. The number of carbonyl (C=O) groups excluding carboxylic acids is 3. The summed E-state index contributed by atoms with van der Waals surface area (Å²) in [4.78, 5) is 49.6. The Labute approximate surface area is 336 Å². The first-order valence-corrected chi connectivity index (χ1v) is 19.8. The molecule has 0 spiro atoms. The largest absolute Gasteiger partial charge is 0.487 e. The summed E-state index contributed by atoms with van der Waals surface area (Å²) >= 11 is 7.95. The molecule has 0 bridgehead atoms. The van der Waals surface area contributed by atoms with Crippen LogP contribution in [-0.2, 0) is 42.4 Å². The Morgan fingerprint density at radius 1 is 1.07 bits per heavy atom. The van der Waals surface area contributed by atoms with E-state index in [2.05, 4.69) is 50.1 Å². The summed E-state index contributed by atoms with van der Waals surface area (Å²) < 4.78 is 12.2. The van der Waals surface area contributed by atoms with Crippen LogP contribution in [0.5, 0.6) is 5.75 Å². The van der Waals surface area contributed by atoms with Crippen molar-refractivity contribution >= 4 is 58.0 Å². The fourth-order valence-corrected chi connectivity index (χ4v) is 9.19. The Bertz CT molecular complexity index is 2650. The van der Waals surface area contributed by atoms with Crippen LogP contribution in [0.3, 0.4) is 0 Å². The fraction of sp³-hybridized carbons (Fsp3) is 0.268. The summed E-state index contributed by atoms with van der Waals surface area (Å²) in [6, 6.07) is 12.5. The third-order valence-electron chi connectivity index (χ3n) is 10.5. The van der Waals surface area contributed by atoms with E-state index in [0.717, 1.165) is 66.3 Å². The van der Waals surface area contributed by atoms with Gasteiger partial charge in [-0.15, -0.1) is 21.5 Å². The maximum Gasteiger partial charge on any atom is 0.255 e. The van der Waals surface area contributed by atoms with Gasteiger partial charge >= 0.3 is 0 Å². The van der Waals surface area contributed by atoms with Crippen molar-refractivity contribution in [3.8, 4) is 10.8 Å². The van der Waals surface area contributed by atoms with Crippen LogP contribution < -0.4 is 10.1 Å². The minimum absolute atomic E-state index is 0.203. The molecular weight excluding hydrogens is 764 g/mol. The van der Waals surface area contributed by atoms with Crippen LogP contribution in [0.25, 0.3) is 16.7 Å². The topological polar surface area (TPSA) is 154 Å². The fourth-order valence-electron chi connectivity index (χ4n) is 7.71. The van der Waals surface area contributed by atoms with E-state index in [1.165, 1.54) is 4.90 Å². The van der Waals surface area contributed by atoms with Crippen molar-refractivity contribution in [1.29, 1.82) is 0 Å². The second-order valence-corrected chi connectivity index (χ2v) is 15.8. The highest BCUT2D eigenvalue weighted by atomic mass is 35.5. The SMILES string of the molecule is CC(=Cc1cnn(CCn2cnc(COc3cccc4c3CN(C3CCC(=O)NC3=O)C4=O)c2)c1)c1sc2c(c1C)C(c1ccc(Cl)cc1)=NCc1nnc(C)n1-2. The molecular formula is C41H37ClN10O4S. The predicted octanol–water partition coefficient (Wildman–Crippen LogP) is 5.94. The smallest absolute Gasteiger partial charge is 0.255 e. The molecule has 16 heteroatoms. The van der Waals surface area contributed by atoms with Crippen molar-refractivity contribution in [2.75, 3.05) is 0 Å². The van der Waals surface area contributed by atoms with E-state index >= 15 is 0 Å². The molecule has 3 aliphatic heterocycles. The highest BCUT2D eigenvalue weighted by Crippen LogP contribution is 2.40. The number of rotatable bonds is 10. The molecule has 1 saturated heterocycles. The quantitative estimate of drug-likeness (QED) is 0.167. The molecule has 288 valence electrons. The summed E-state index contributed by atoms with van der Waals surface area (Å²) in [7, 11) is 0. The molecule has 3 amide bonds. The number of halogens is 1. The number of aromatic nitrogens is 7. The number of ether oxygens (including phenoxy) is 1. The van der Waals surface area contributed by atoms with Gasteiger partial charge in [-0.2, -0.15) is 5.10 Å². The predicted molar refractivity (Wildman–Crippen MR) is 214 cm³/mol. The Hall–Kier alpha value is -6.19. The lowest BCUT2D eigenvalue weighted by Crippen LogP contribution is -2.52. The molecule has 0 aliphatic carbocycles. The van der Waals surface area contributed by atoms with Gasteiger partial charge in [0.1, 0.15) is 35.8 Å². The van der Waals surface area contributed by atoms with Gasteiger partial charge in [-0.3, -0.25) is 33.9 Å². The molecule has 14 nitrogen and oxygen atoms in total. The molecule has 0 radical (unpaired) electrons. The summed E-state index contributed by atoms with van der Waals surface area (Å²) in [6.07, 6.45) is 10.3. The van der Waals surface area contributed by atoms with Crippen LogP contribution in [0, 0.1) is 13.8 Å². The number of aliphatic imine (C=N–C) groups is 1. The number of fused-ring (bicyclic) bond motifs is 4. The maximum absolute atomic E-state index is 13.2. The molecule has 2 aromatic carbocycles. The lowest BCUT2D eigenvalue weighted by atomic mass is 9.98. The van der Waals surface area contributed by atoms with Gasteiger partial charge in [0.15, 0.2) is 5.82 Å². The molecule has 1 atom stereocenters. The molecule has 1 fully saturated rings. The average molecular weight is 801 g/mol. The molecule has 0 saturated carbocycles. The van der Waals surface area contributed by atoms with Crippen LogP contribution >= 0.6 is 22.9 Å². The minimum Gasteiger partial charge on any atom is -0.487 e. The zero-order valence-electron chi connectivity index (χ0n) is 31.4. The Morgan fingerprint density at radius 3 is 2.74 bits per heavy atom. The molecule has 6 aromatic rings. The number of imide groups is 1. The van der Waals surface area contributed by atoms with Crippen LogP contribution in [0.4, 0.5) is 0 Å². The van der Waals surface area contributed by atoms with E-state index in [1.54, 1.807) is 29.8 Å². The second kappa shape index (κ2) is 14.7. The number of piperidine rings is 1. The van der Waals surface area contributed by atoms with E-state index in [-0.39, 0.29) is 31.4 Å². The van der Waals surface area contributed by atoms with E-state index in [9.17, 15) is 14.4 Å². The summed E-state index contributed by atoms with van der Waals surface area (Å²) in [5.74, 6) is 1.21. The van der Waals surface area contributed by atoms with Crippen LogP contribution in [0.15, 0.2) is 72.4 Å². The third-order valence-corrected chi connectivity index (χ3v) is 12.2. The summed E-state index contributed by atoms with van der Waals surface area (Å²) in [5.41, 5.74) is 8.22. The molecule has 1 unspecified atom stereocenters. The van der Waals surface area contributed by atoms with Gasteiger partial charge in [-0.25, -0.2) is 4.98 Å². The maximum atomic E-state index is 13.2. The van der Waals surface area contributed by atoms with Gasteiger partial charge in [0, 0.05) is 63.1 Å². The monoisotopic (exact) mass is 800 g/mol. The van der Waals surface area contributed by atoms with Gasteiger partial charge in [0.25, 0.3) is 5.91 Å². The van der Waals surface area contributed by atoms with Crippen molar-refractivity contribution < 1.29 is 19.1 Å². The first-order valence-electron chi connectivity index (χ1n) is 18.6. The molecule has 4 aromatic heterocycles. The number of hydrogen-bond acceptors (Lipinski definition) is 10. The van der Waals surface area contributed by atoms with Gasteiger partial charge in [0.05, 0.1) is 37.0 Å². The number of nitrogens with one attached hydrogen (secondary N) is 1. The molecule has 57 heavy (non-hydrogen) atoms. The zero-order valence-corrected chi connectivity index (χ0v) is 33.0. The number of nitrogens with zero attached hydrogens (tertiary/aromatic N) is 9. The first kappa shape index (κ1) is 36.4. The number of thiophene rings is 1. The highest BCUT2D eigenvalue weighted by Gasteiger charge is 2.40. The number of benzene rings is 2. The molecule has 7 heterocycles.